The molecule has 0 radical (unpaired) electrons. The number of carbonyl (C=O) groups is 1. The third-order valence-corrected chi connectivity index (χ3v) is 6.93. The van der Waals surface area contributed by atoms with Crippen LogP contribution in [-0.4, -0.2) is 37.9 Å². The molecule has 0 bridgehead atoms. The lowest BCUT2D eigenvalue weighted by atomic mass is 10.1. The Labute approximate surface area is 202 Å². The number of hydrogen-bond donors (Lipinski definition) is 1. The number of rotatable bonds is 7. The molecule has 0 unspecified atom stereocenters. The number of nitrogens with zero attached hydrogens (tertiary/aromatic N) is 3. The van der Waals surface area contributed by atoms with Gasteiger partial charge in [-0.05, 0) is 94.1 Å². The highest BCUT2D eigenvalue weighted by Gasteiger charge is 2.21. The predicted octanol–water partition coefficient (Wildman–Crippen LogP) is 4.24. The maximum absolute atomic E-state index is 12.5. The first-order chi connectivity index (χ1) is 15.9. The smallest absolute Gasteiger partial charge is 0.260 e. The first-order valence-corrected chi connectivity index (χ1v) is 12.9. The van der Waals surface area contributed by atoms with Crippen LogP contribution in [0, 0.1) is 41.5 Å². The number of aromatic nitrogens is 1. The van der Waals surface area contributed by atoms with E-state index in [1.165, 1.54) is 11.1 Å². The minimum Gasteiger partial charge on any atom is -0.318 e. The Morgan fingerprint density at radius 1 is 0.971 bits per heavy atom. The Hall–Kier alpha value is -3.39. The highest BCUT2D eigenvalue weighted by atomic mass is 32.2. The number of hydrazone groups is 1. The van der Waals surface area contributed by atoms with E-state index in [-0.39, 0.29) is 6.54 Å². The fourth-order valence-corrected chi connectivity index (χ4v) is 4.85. The number of aryl methyl sites for hydroxylation is 5. The highest BCUT2D eigenvalue weighted by molar-refractivity contribution is 7.92. The largest absolute Gasteiger partial charge is 0.318 e. The number of nitrogens with one attached hydrogen (secondary N) is 1. The predicted molar refractivity (Wildman–Crippen MR) is 139 cm³/mol. The fourth-order valence-electron chi connectivity index (χ4n) is 4.01. The quantitative estimate of drug-likeness (QED) is 0.405. The summed E-state index contributed by atoms with van der Waals surface area (Å²) >= 11 is 0. The molecule has 34 heavy (non-hydrogen) atoms. The van der Waals surface area contributed by atoms with Crippen LogP contribution in [-0.2, 0) is 14.8 Å². The summed E-state index contributed by atoms with van der Waals surface area (Å²) in [6, 6.07) is 13.8. The average Bonchev–Trinajstić information content (AvgIpc) is 3.00. The second kappa shape index (κ2) is 9.85. The number of amides is 1. The van der Waals surface area contributed by atoms with Gasteiger partial charge in [-0.1, -0.05) is 12.1 Å². The molecule has 0 fully saturated rings. The van der Waals surface area contributed by atoms with Crippen LogP contribution < -0.4 is 9.73 Å². The van der Waals surface area contributed by atoms with E-state index in [1.54, 1.807) is 18.3 Å². The van der Waals surface area contributed by atoms with Crippen LogP contribution >= 0.6 is 0 Å². The number of hydrogen-bond acceptors (Lipinski definition) is 4. The van der Waals surface area contributed by atoms with Crippen molar-refractivity contribution in [2.75, 3.05) is 17.1 Å². The van der Waals surface area contributed by atoms with Crippen molar-refractivity contribution in [2.24, 2.45) is 5.10 Å². The SMILES string of the molecule is Cc1cc(C)cc(N(CC(=O)N/N=C\c2cc(C)n(-c3ccc(C)c(C)c3)c2C)S(C)(=O)=O)c1. The number of anilines is 1. The Balaban J connectivity index is 1.77. The minimum absolute atomic E-state index is 0.360. The van der Waals surface area contributed by atoms with Crippen molar-refractivity contribution in [1.29, 1.82) is 0 Å². The topological polar surface area (TPSA) is 83.8 Å². The molecule has 1 N–H and O–H groups in total. The van der Waals surface area contributed by atoms with Gasteiger partial charge in [0.05, 0.1) is 18.2 Å². The van der Waals surface area contributed by atoms with Crippen LogP contribution in [0.15, 0.2) is 47.6 Å². The zero-order chi connectivity index (χ0) is 25.2. The van der Waals surface area contributed by atoms with Crippen LogP contribution in [0.3, 0.4) is 0 Å². The van der Waals surface area contributed by atoms with E-state index in [4.69, 9.17) is 0 Å². The summed E-state index contributed by atoms with van der Waals surface area (Å²) in [6.07, 6.45) is 2.67. The molecule has 3 aromatic rings. The molecule has 1 aromatic heterocycles. The van der Waals surface area contributed by atoms with Crippen molar-refractivity contribution < 1.29 is 13.2 Å². The molecular weight excluding hydrogens is 448 g/mol. The van der Waals surface area contributed by atoms with E-state index in [9.17, 15) is 13.2 Å². The number of sulfonamides is 1. The first-order valence-electron chi connectivity index (χ1n) is 11.0. The van der Waals surface area contributed by atoms with E-state index in [0.29, 0.717) is 5.69 Å². The van der Waals surface area contributed by atoms with Gasteiger partial charge in [-0.2, -0.15) is 5.10 Å². The molecule has 0 spiro atoms. The average molecular weight is 481 g/mol. The molecule has 0 aliphatic carbocycles. The normalized spacial score (nSPS) is 11.7. The lowest BCUT2D eigenvalue weighted by Gasteiger charge is -2.22. The van der Waals surface area contributed by atoms with Crippen LogP contribution in [0.2, 0.25) is 0 Å². The van der Waals surface area contributed by atoms with Gasteiger partial charge in [-0.15, -0.1) is 0 Å². The summed E-state index contributed by atoms with van der Waals surface area (Å²) in [5.74, 6) is -0.524. The zero-order valence-electron chi connectivity index (χ0n) is 20.8. The Morgan fingerprint density at radius 2 is 1.62 bits per heavy atom. The van der Waals surface area contributed by atoms with E-state index in [2.05, 4.69) is 47.1 Å². The van der Waals surface area contributed by atoms with Gasteiger partial charge < -0.3 is 4.57 Å². The van der Waals surface area contributed by atoms with Gasteiger partial charge in [0.1, 0.15) is 6.54 Å². The monoisotopic (exact) mass is 480 g/mol. The third-order valence-electron chi connectivity index (χ3n) is 5.79. The van der Waals surface area contributed by atoms with Crippen molar-refractivity contribution in [1.82, 2.24) is 9.99 Å². The van der Waals surface area contributed by atoms with Gasteiger partial charge in [0.15, 0.2) is 0 Å². The van der Waals surface area contributed by atoms with Gasteiger partial charge in [0.2, 0.25) is 10.0 Å². The summed E-state index contributed by atoms with van der Waals surface area (Å²) < 4.78 is 27.9. The number of carbonyl (C=O) groups excluding carboxylic acids is 1. The van der Waals surface area contributed by atoms with E-state index in [0.717, 1.165) is 44.3 Å². The molecule has 0 saturated heterocycles. The number of benzene rings is 2. The second-order valence-electron chi connectivity index (χ2n) is 8.84. The molecule has 2 aromatic carbocycles. The van der Waals surface area contributed by atoms with Crippen molar-refractivity contribution in [3.05, 3.63) is 81.7 Å². The lowest BCUT2D eigenvalue weighted by Crippen LogP contribution is -2.39. The molecular formula is C26H32N4O3S. The molecule has 180 valence electrons. The van der Waals surface area contributed by atoms with Gasteiger partial charge in [-0.3, -0.25) is 9.10 Å². The zero-order valence-corrected chi connectivity index (χ0v) is 21.6. The van der Waals surface area contributed by atoms with Gasteiger partial charge in [0, 0.05) is 22.6 Å². The third kappa shape index (κ3) is 5.75. The van der Waals surface area contributed by atoms with E-state index < -0.39 is 15.9 Å². The van der Waals surface area contributed by atoms with E-state index in [1.807, 2.05) is 39.8 Å². The first kappa shape index (κ1) is 25.2. The molecule has 7 nitrogen and oxygen atoms in total. The molecule has 0 aliphatic heterocycles. The van der Waals surface area contributed by atoms with Crippen LogP contribution in [0.5, 0.6) is 0 Å². The molecule has 0 saturated carbocycles. The molecule has 1 amide bonds. The minimum atomic E-state index is -3.65. The lowest BCUT2D eigenvalue weighted by molar-refractivity contribution is -0.119. The van der Waals surface area contributed by atoms with Crippen LogP contribution in [0.4, 0.5) is 5.69 Å². The second-order valence-corrected chi connectivity index (χ2v) is 10.7. The van der Waals surface area contributed by atoms with Crippen molar-refractivity contribution in [2.45, 2.75) is 41.5 Å². The molecule has 0 atom stereocenters. The van der Waals surface area contributed by atoms with Crippen LogP contribution in [0.25, 0.3) is 5.69 Å². The molecule has 8 heteroatoms. The maximum Gasteiger partial charge on any atom is 0.260 e. The van der Waals surface area contributed by atoms with Gasteiger partial charge in [-0.25, -0.2) is 13.8 Å². The van der Waals surface area contributed by atoms with Gasteiger partial charge >= 0.3 is 0 Å². The summed E-state index contributed by atoms with van der Waals surface area (Å²) in [5.41, 5.74) is 11.2. The summed E-state index contributed by atoms with van der Waals surface area (Å²) in [5, 5.41) is 4.09. The Kier molecular flexibility index (Phi) is 7.31. The highest BCUT2D eigenvalue weighted by Crippen LogP contribution is 2.22. The van der Waals surface area contributed by atoms with Crippen molar-refractivity contribution >= 4 is 27.8 Å². The molecule has 3 rings (SSSR count). The van der Waals surface area contributed by atoms with Crippen LogP contribution in [0.1, 0.15) is 39.2 Å². The Morgan fingerprint density at radius 3 is 2.21 bits per heavy atom. The Bertz CT molecular complexity index is 1350. The summed E-state index contributed by atoms with van der Waals surface area (Å²) in [6.45, 7) is 11.6. The summed E-state index contributed by atoms with van der Waals surface area (Å²) in [4.78, 5) is 12.5. The van der Waals surface area contributed by atoms with E-state index >= 15 is 0 Å². The van der Waals surface area contributed by atoms with Crippen molar-refractivity contribution in [3.63, 3.8) is 0 Å². The fraction of sp³-hybridized carbons (Fsp3) is 0.308. The maximum atomic E-state index is 12.5. The molecule has 0 aliphatic rings. The molecule has 1 heterocycles. The van der Waals surface area contributed by atoms with Gasteiger partial charge in [0.25, 0.3) is 5.91 Å². The standard InChI is InChI=1S/C26H32N4O3S/c1-17-10-18(2)12-25(11-17)29(34(7,32)33)16-26(31)28-27-15-23-14-21(5)30(22(23)6)24-9-8-19(3)20(4)13-24/h8-15H,16H2,1-7H3,(H,28,31)/b27-15-. The summed E-state index contributed by atoms with van der Waals surface area (Å²) in [7, 11) is -3.65. The van der Waals surface area contributed by atoms with Crippen molar-refractivity contribution in [3.8, 4) is 5.69 Å².